The van der Waals surface area contributed by atoms with Gasteiger partial charge >= 0.3 is 5.97 Å². The first-order valence-corrected chi connectivity index (χ1v) is 10.2. The third-order valence-corrected chi connectivity index (χ3v) is 5.25. The molecule has 0 bridgehead atoms. The molecule has 0 aromatic heterocycles. The Morgan fingerprint density at radius 3 is 2.45 bits per heavy atom. The van der Waals surface area contributed by atoms with Crippen molar-refractivity contribution in [3.05, 3.63) is 65.7 Å². The molecule has 2 aromatic rings. The molecule has 2 aromatic carbocycles. The number of hydrogen-bond donors (Lipinski definition) is 0. The molecule has 0 spiro atoms. The van der Waals surface area contributed by atoms with Crippen LogP contribution in [0.1, 0.15) is 49.0 Å². The van der Waals surface area contributed by atoms with Gasteiger partial charge in [0, 0.05) is 24.2 Å². The topological polar surface area (TPSA) is 63.7 Å². The van der Waals surface area contributed by atoms with Crippen LogP contribution in [0.25, 0.3) is 0 Å². The summed E-state index contributed by atoms with van der Waals surface area (Å²) in [5.41, 5.74) is 2.53. The van der Waals surface area contributed by atoms with Crippen molar-refractivity contribution in [3.8, 4) is 0 Å². The maximum Gasteiger partial charge on any atom is 0.312 e. The highest BCUT2D eigenvalue weighted by Crippen LogP contribution is 2.27. The number of carbonyl (C=O) groups excluding carboxylic acids is 3. The fourth-order valence-corrected chi connectivity index (χ4v) is 3.50. The molecule has 5 nitrogen and oxygen atoms in total. The Hall–Kier alpha value is -2.95. The van der Waals surface area contributed by atoms with E-state index in [0.29, 0.717) is 5.56 Å². The normalized spacial score (nSPS) is 17.2. The van der Waals surface area contributed by atoms with Crippen LogP contribution in [-0.4, -0.2) is 30.3 Å². The molecule has 3 rings (SSSR count). The zero-order valence-corrected chi connectivity index (χ0v) is 17.0. The van der Waals surface area contributed by atoms with Crippen molar-refractivity contribution in [2.45, 2.75) is 45.6 Å². The number of esters is 1. The zero-order chi connectivity index (χ0) is 20.8. The summed E-state index contributed by atoms with van der Waals surface area (Å²) >= 11 is 0. The summed E-state index contributed by atoms with van der Waals surface area (Å²) in [4.78, 5) is 39.0. The lowest BCUT2D eigenvalue weighted by Gasteiger charge is -2.18. The molecular formula is C24H27NO4. The van der Waals surface area contributed by atoms with E-state index in [0.717, 1.165) is 24.9 Å². The number of rotatable bonds is 8. The molecule has 5 heteroatoms. The molecule has 0 saturated carbocycles. The van der Waals surface area contributed by atoms with Gasteiger partial charge in [-0.2, -0.15) is 0 Å². The molecule has 2 atom stereocenters. The van der Waals surface area contributed by atoms with Crippen LogP contribution in [0.3, 0.4) is 0 Å². The number of carbonyl (C=O) groups is 3. The Morgan fingerprint density at radius 2 is 1.79 bits per heavy atom. The Morgan fingerprint density at radius 1 is 1.10 bits per heavy atom. The van der Waals surface area contributed by atoms with Gasteiger partial charge in [0.1, 0.15) is 0 Å². The molecule has 0 radical (unpaired) electrons. The highest BCUT2D eigenvalue weighted by molar-refractivity contribution is 6.02. The second kappa shape index (κ2) is 9.50. The summed E-state index contributed by atoms with van der Waals surface area (Å²) < 4.78 is 5.38. The Balaban J connectivity index is 1.59. The van der Waals surface area contributed by atoms with E-state index >= 15 is 0 Å². The van der Waals surface area contributed by atoms with Crippen molar-refractivity contribution < 1.29 is 19.1 Å². The fraction of sp³-hybridized carbons (Fsp3) is 0.375. The lowest BCUT2D eigenvalue weighted by atomic mass is 10.1. The van der Waals surface area contributed by atoms with Crippen LogP contribution in [0.5, 0.6) is 0 Å². The number of anilines is 1. The van der Waals surface area contributed by atoms with Gasteiger partial charge in [-0.1, -0.05) is 55.8 Å². The van der Waals surface area contributed by atoms with Crippen LogP contribution in [0.4, 0.5) is 5.69 Å². The quantitative estimate of drug-likeness (QED) is 0.498. The van der Waals surface area contributed by atoms with Crippen LogP contribution in [0.2, 0.25) is 0 Å². The average molecular weight is 393 g/mol. The molecular weight excluding hydrogens is 366 g/mol. The number of benzene rings is 2. The molecule has 0 unspecified atom stereocenters. The highest BCUT2D eigenvalue weighted by Gasteiger charge is 2.37. The Bertz CT molecular complexity index is 860. The minimum absolute atomic E-state index is 0.0999. The first-order chi connectivity index (χ1) is 14.0. The first kappa shape index (κ1) is 20.8. The molecule has 1 aliphatic heterocycles. The van der Waals surface area contributed by atoms with E-state index < -0.39 is 18.0 Å². The molecule has 1 aliphatic rings. The Kier molecular flexibility index (Phi) is 6.81. The van der Waals surface area contributed by atoms with Crippen molar-refractivity contribution in [2.75, 3.05) is 11.4 Å². The zero-order valence-electron chi connectivity index (χ0n) is 17.0. The van der Waals surface area contributed by atoms with Crippen molar-refractivity contribution in [3.63, 3.8) is 0 Å². The van der Waals surface area contributed by atoms with Crippen LogP contribution in [0.15, 0.2) is 54.6 Å². The van der Waals surface area contributed by atoms with Gasteiger partial charge in [0.15, 0.2) is 6.10 Å². The number of unbranched alkanes of at least 4 members (excludes halogenated alkanes) is 1. The van der Waals surface area contributed by atoms with E-state index in [4.69, 9.17) is 4.74 Å². The summed E-state index contributed by atoms with van der Waals surface area (Å²) in [6.45, 7) is 4.00. The first-order valence-electron chi connectivity index (χ1n) is 10.2. The van der Waals surface area contributed by atoms with Gasteiger partial charge in [-0.15, -0.1) is 0 Å². The number of Topliss-reactive ketones (excluding diaryl/α,β-unsaturated/α-hetero) is 1. The van der Waals surface area contributed by atoms with E-state index in [1.54, 1.807) is 36.1 Å². The molecule has 1 fully saturated rings. The maximum atomic E-state index is 12.5. The summed E-state index contributed by atoms with van der Waals surface area (Å²) in [6.07, 6.45) is 2.51. The maximum absolute atomic E-state index is 12.5. The van der Waals surface area contributed by atoms with E-state index in [1.165, 1.54) is 5.56 Å². The van der Waals surface area contributed by atoms with Crippen molar-refractivity contribution in [1.82, 2.24) is 0 Å². The lowest BCUT2D eigenvalue weighted by molar-refractivity contribution is -0.151. The van der Waals surface area contributed by atoms with Crippen LogP contribution in [-0.2, 0) is 20.7 Å². The van der Waals surface area contributed by atoms with Gasteiger partial charge in [0.25, 0.3) is 0 Å². The van der Waals surface area contributed by atoms with Gasteiger partial charge < -0.3 is 9.64 Å². The minimum atomic E-state index is -0.882. The van der Waals surface area contributed by atoms with Crippen LogP contribution >= 0.6 is 0 Å². The molecule has 1 amide bonds. The van der Waals surface area contributed by atoms with Gasteiger partial charge in [-0.25, -0.2) is 0 Å². The average Bonchev–Trinajstić information content (AvgIpc) is 3.14. The smallest absolute Gasteiger partial charge is 0.312 e. The Labute approximate surface area is 171 Å². The third-order valence-electron chi connectivity index (χ3n) is 5.25. The van der Waals surface area contributed by atoms with E-state index in [1.807, 2.05) is 30.3 Å². The molecule has 0 N–H and O–H groups in total. The predicted octanol–water partition coefficient (Wildman–Crippen LogP) is 4.20. The molecule has 152 valence electrons. The van der Waals surface area contributed by atoms with Gasteiger partial charge in [-0.3, -0.25) is 14.4 Å². The van der Waals surface area contributed by atoms with E-state index in [2.05, 4.69) is 6.92 Å². The largest absolute Gasteiger partial charge is 0.454 e. The minimum Gasteiger partial charge on any atom is -0.454 e. The number of amides is 1. The van der Waals surface area contributed by atoms with Gasteiger partial charge in [-0.05, 0) is 37.5 Å². The number of aryl methyl sites for hydroxylation is 1. The lowest BCUT2D eigenvalue weighted by Crippen LogP contribution is -2.30. The van der Waals surface area contributed by atoms with E-state index in [9.17, 15) is 14.4 Å². The summed E-state index contributed by atoms with van der Waals surface area (Å²) in [5, 5.41) is 0. The number of ketones is 1. The van der Waals surface area contributed by atoms with Gasteiger partial charge in [0.05, 0.1) is 5.92 Å². The number of ether oxygens (including phenoxy) is 1. The fourth-order valence-electron chi connectivity index (χ4n) is 3.50. The standard InChI is InChI=1S/C24H27NO4/c1-3-4-8-18-11-13-21(14-12-18)25-16-20(15-22(25)26)24(28)29-17(2)23(27)19-9-6-5-7-10-19/h5-7,9-14,17,20H,3-4,8,15-16H2,1-2H3/t17-,20+/m1/s1. The van der Waals surface area contributed by atoms with E-state index in [-0.39, 0.29) is 24.7 Å². The summed E-state index contributed by atoms with van der Waals surface area (Å²) in [6, 6.07) is 16.7. The number of hydrogen-bond acceptors (Lipinski definition) is 4. The SMILES string of the molecule is CCCCc1ccc(N2C[C@@H](C(=O)O[C@H](C)C(=O)c3ccccc3)CC2=O)cc1. The predicted molar refractivity (Wildman–Crippen MR) is 112 cm³/mol. The monoisotopic (exact) mass is 393 g/mol. The molecule has 29 heavy (non-hydrogen) atoms. The summed E-state index contributed by atoms with van der Waals surface area (Å²) in [5.74, 6) is -1.41. The van der Waals surface area contributed by atoms with Crippen molar-refractivity contribution >= 4 is 23.3 Å². The summed E-state index contributed by atoms with van der Waals surface area (Å²) in [7, 11) is 0. The highest BCUT2D eigenvalue weighted by atomic mass is 16.5. The van der Waals surface area contributed by atoms with Crippen molar-refractivity contribution in [2.24, 2.45) is 5.92 Å². The molecule has 0 aliphatic carbocycles. The second-order valence-corrected chi connectivity index (χ2v) is 7.48. The van der Waals surface area contributed by atoms with Crippen LogP contribution in [0, 0.1) is 5.92 Å². The molecule has 1 saturated heterocycles. The molecule has 1 heterocycles. The van der Waals surface area contributed by atoms with Gasteiger partial charge in [0.2, 0.25) is 11.7 Å². The van der Waals surface area contributed by atoms with Crippen LogP contribution < -0.4 is 4.90 Å². The third kappa shape index (κ3) is 5.11. The van der Waals surface area contributed by atoms with Crippen molar-refractivity contribution in [1.29, 1.82) is 0 Å². The number of nitrogens with zero attached hydrogens (tertiary/aromatic N) is 1. The second-order valence-electron chi connectivity index (χ2n) is 7.48.